The van der Waals surface area contributed by atoms with Gasteiger partial charge in [-0.1, -0.05) is 31.1 Å². The molecule has 0 radical (unpaired) electrons. The third-order valence-corrected chi connectivity index (χ3v) is 4.76. The first-order valence-electron chi connectivity index (χ1n) is 9.82. The van der Waals surface area contributed by atoms with E-state index in [4.69, 9.17) is 4.52 Å². The molecule has 1 aromatic carbocycles. The van der Waals surface area contributed by atoms with Crippen LogP contribution in [0.3, 0.4) is 0 Å². The van der Waals surface area contributed by atoms with Gasteiger partial charge in [0.15, 0.2) is 11.7 Å². The fraction of sp³-hybridized carbons (Fsp3) is 0.476. The zero-order valence-electron chi connectivity index (χ0n) is 17.2. The molecule has 0 bridgehead atoms. The summed E-state index contributed by atoms with van der Waals surface area (Å²) < 4.78 is 5.43. The summed E-state index contributed by atoms with van der Waals surface area (Å²) in [5.74, 6) is 1.86. The molecule has 0 fully saturated rings. The molecule has 0 aliphatic carbocycles. The zero-order chi connectivity index (χ0) is 20.4. The fourth-order valence-electron chi connectivity index (χ4n) is 3.04. The Kier molecular flexibility index (Phi) is 8.52. The van der Waals surface area contributed by atoms with Crippen LogP contribution < -0.4 is 16.0 Å². The number of nitrogens with zero attached hydrogens (tertiary/aromatic N) is 2. The second-order valence-corrected chi connectivity index (χ2v) is 6.61. The summed E-state index contributed by atoms with van der Waals surface area (Å²) in [5, 5.41) is 13.3. The molecule has 7 heteroatoms. The van der Waals surface area contributed by atoms with Crippen molar-refractivity contribution >= 4 is 11.9 Å². The number of guanidine groups is 1. The van der Waals surface area contributed by atoms with Gasteiger partial charge in [-0.3, -0.25) is 9.79 Å². The average molecular weight is 386 g/mol. The third kappa shape index (κ3) is 6.11. The van der Waals surface area contributed by atoms with Crippen LogP contribution >= 0.6 is 0 Å². The second kappa shape index (κ2) is 11.1. The molecule has 2 rings (SSSR count). The van der Waals surface area contributed by atoms with Crippen LogP contribution in [0.2, 0.25) is 0 Å². The molecule has 2 aromatic rings. The number of carbonyl (C=O) groups is 1. The molecule has 1 heterocycles. The smallest absolute Gasteiger partial charge is 0.251 e. The lowest BCUT2D eigenvalue weighted by atomic mass is 9.99. The highest BCUT2D eigenvalue weighted by Crippen LogP contribution is 2.22. The Morgan fingerprint density at radius 1 is 1.21 bits per heavy atom. The minimum atomic E-state index is -0.0768. The van der Waals surface area contributed by atoms with E-state index in [9.17, 15) is 4.79 Å². The molecule has 152 valence electrons. The van der Waals surface area contributed by atoms with E-state index in [0.717, 1.165) is 36.3 Å². The summed E-state index contributed by atoms with van der Waals surface area (Å²) in [6, 6.07) is 9.64. The van der Waals surface area contributed by atoms with Crippen LogP contribution in [0.4, 0.5) is 0 Å². The maximum Gasteiger partial charge on any atom is 0.251 e. The maximum absolute atomic E-state index is 11.7. The number of hydrogen-bond acceptors (Lipinski definition) is 4. The van der Waals surface area contributed by atoms with Crippen molar-refractivity contribution in [3.05, 3.63) is 52.9 Å². The Morgan fingerprint density at radius 2 is 2.00 bits per heavy atom. The summed E-state index contributed by atoms with van der Waals surface area (Å²) in [6.45, 7) is 5.55. The highest BCUT2D eigenvalue weighted by molar-refractivity contribution is 5.94. The summed E-state index contributed by atoms with van der Waals surface area (Å²) >= 11 is 0. The highest BCUT2D eigenvalue weighted by Gasteiger charge is 2.13. The molecule has 0 saturated heterocycles. The maximum atomic E-state index is 11.7. The average Bonchev–Trinajstić information content (AvgIpc) is 3.19. The Morgan fingerprint density at radius 3 is 2.68 bits per heavy atom. The number of nitrogens with one attached hydrogen (secondary N) is 3. The highest BCUT2D eigenvalue weighted by atomic mass is 16.5. The lowest BCUT2D eigenvalue weighted by Crippen LogP contribution is -2.37. The topological polar surface area (TPSA) is 91.5 Å². The Balaban J connectivity index is 1.81. The van der Waals surface area contributed by atoms with Crippen LogP contribution in [0.5, 0.6) is 0 Å². The molecular weight excluding hydrogens is 354 g/mol. The molecule has 7 nitrogen and oxygen atoms in total. The van der Waals surface area contributed by atoms with E-state index in [-0.39, 0.29) is 5.91 Å². The van der Waals surface area contributed by atoms with Gasteiger partial charge in [-0.15, -0.1) is 0 Å². The first-order valence-corrected chi connectivity index (χ1v) is 9.82. The van der Waals surface area contributed by atoms with Gasteiger partial charge >= 0.3 is 0 Å². The standard InChI is InChI=1S/C21H31N5O2/c1-5-16(6-2)19-13-18(28-26-19)14-25-21(23-4)24-11-10-15-8-7-9-17(12-15)20(27)22-3/h7-9,12-13,16H,5-6,10-11,14H2,1-4H3,(H,22,27)(H2,23,24,25). The SMILES string of the molecule is CCC(CC)c1cc(CNC(=NC)NCCc2cccc(C(=O)NC)c2)on1. The van der Waals surface area contributed by atoms with Crippen molar-refractivity contribution in [3.63, 3.8) is 0 Å². The van der Waals surface area contributed by atoms with Crippen LogP contribution in [0, 0.1) is 0 Å². The first kappa shape index (κ1) is 21.5. The van der Waals surface area contributed by atoms with Gasteiger partial charge in [0, 0.05) is 38.2 Å². The van der Waals surface area contributed by atoms with E-state index < -0.39 is 0 Å². The van der Waals surface area contributed by atoms with Crippen molar-refractivity contribution in [1.29, 1.82) is 0 Å². The van der Waals surface area contributed by atoms with E-state index in [1.54, 1.807) is 14.1 Å². The molecule has 0 aliphatic rings. The number of aromatic nitrogens is 1. The number of rotatable bonds is 9. The molecule has 3 N–H and O–H groups in total. The monoisotopic (exact) mass is 385 g/mol. The molecule has 0 saturated carbocycles. The lowest BCUT2D eigenvalue weighted by Gasteiger charge is -2.11. The van der Waals surface area contributed by atoms with E-state index in [1.165, 1.54) is 0 Å². The normalized spacial score (nSPS) is 11.5. The van der Waals surface area contributed by atoms with Crippen LogP contribution in [0.25, 0.3) is 0 Å². The quantitative estimate of drug-likeness (QED) is 0.456. The fourth-order valence-corrected chi connectivity index (χ4v) is 3.04. The minimum Gasteiger partial charge on any atom is -0.359 e. The number of aliphatic imine (C=N–C) groups is 1. The number of hydrogen-bond donors (Lipinski definition) is 3. The van der Waals surface area contributed by atoms with E-state index in [0.29, 0.717) is 30.5 Å². The summed E-state index contributed by atoms with van der Waals surface area (Å²) in [7, 11) is 3.37. The Bertz CT molecular complexity index is 781. The summed E-state index contributed by atoms with van der Waals surface area (Å²) in [4.78, 5) is 16.0. The summed E-state index contributed by atoms with van der Waals surface area (Å²) in [5.41, 5.74) is 2.77. The van der Waals surface area contributed by atoms with E-state index in [2.05, 4.69) is 39.9 Å². The number of carbonyl (C=O) groups excluding carboxylic acids is 1. The van der Waals surface area contributed by atoms with Crippen molar-refractivity contribution in [3.8, 4) is 0 Å². The number of benzene rings is 1. The van der Waals surface area contributed by atoms with Crippen molar-refractivity contribution in [2.75, 3.05) is 20.6 Å². The molecular formula is C21H31N5O2. The van der Waals surface area contributed by atoms with Gasteiger partial charge in [0.25, 0.3) is 5.91 Å². The molecule has 0 atom stereocenters. The third-order valence-electron chi connectivity index (χ3n) is 4.76. The molecule has 1 aromatic heterocycles. The van der Waals surface area contributed by atoms with Gasteiger partial charge in [-0.25, -0.2) is 0 Å². The lowest BCUT2D eigenvalue weighted by molar-refractivity contribution is 0.0963. The minimum absolute atomic E-state index is 0.0768. The van der Waals surface area contributed by atoms with Crippen LogP contribution in [-0.4, -0.2) is 37.7 Å². The van der Waals surface area contributed by atoms with E-state index in [1.807, 2.05) is 30.3 Å². The largest absolute Gasteiger partial charge is 0.359 e. The first-order chi connectivity index (χ1) is 13.6. The Hall–Kier alpha value is -2.83. The molecule has 1 amide bonds. The number of amides is 1. The van der Waals surface area contributed by atoms with Gasteiger partial charge in [0.05, 0.1) is 12.2 Å². The van der Waals surface area contributed by atoms with Gasteiger partial charge in [0.1, 0.15) is 0 Å². The Labute approximate surface area is 167 Å². The van der Waals surface area contributed by atoms with E-state index >= 15 is 0 Å². The van der Waals surface area contributed by atoms with Crippen molar-refractivity contribution in [2.45, 2.75) is 45.6 Å². The van der Waals surface area contributed by atoms with Gasteiger partial charge in [-0.2, -0.15) is 0 Å². The van der Waals surface area contributed by atoms with Crippen LogP contribution in [0.15, 0.2) is 39.8 Å². The van der Waals surface area contributed by atoms with Crippen LogP contribution in [-0.2, 0) is 13.0 Å². The predicted octanol–water partition coefficient (Wildman–Crippen LogP) is 2.85. The predicted molar refractivity (Wildman–Crippen MR) is 112 cm³/mol. The molecule has 0 spiro atoms. The second-order valence-electron chi connectivity index (χ2n) is 6.61. The van der Waals surface area contributed by atoms with Gasteiger partial charge < -0.3 is 20.5 Å². The van der Waals surface area contributed by atoms with Crippen molar-refractivity contribution in [2.24, 2.45) is 4.99 Å². The van der Waals surface area contributed by atoms with Crippen LogP contribution in [0.1, 0.15) is 60.0 Å². The van der Waals surface area contributed by atoms with Gasteiger partial charge in [0.2, 0.25) is 0 Å². The zero-order valence-corrected chi connectivity index (χ0v) is 17.2. The summed E-state index contributed by atoms with van der Waals surface area (Å²) in [6.07, 6.45) is 2.90. The van der Waals surface area contributed by atoms with Gasteiger partial charge in [-0.05, 0) is 37.0 Å². The van der Waals surface area contributed by atoms with Crippen molar-refractivity contribution < 1.29 is 9.32 Å². The molecule has 0 aliphatic heterocycles. The molecule has 28 heavy (non-hydrogen) atoms. The van der Waals surface area contributed by atoms with Crippen molar-refractivity contribution in [1.82, 2.24) is 21.1 Å². The molecule has 0 unspecified atom stereocenters.